The van der Waals surface area contributed by atoms with E-state index in [1.54, 1.807) is 6.08 Å². The predicted octanol–water partition coefficient (Wildman–Crippen LogP) is 9.74. The van der Waals surface area contributed by atoms with E-state index in [-0.39, 0.29) is 5.56 Å². The van der Waals surface area contributed by atoms with Crippen LogP contribution in [-0.4, -0.2) is 6.36 Å². The van der Waals surface area contributed by atoms with E-state index >= 15 is 0 Å². The van der Waals surface area contributed by atoms with Crippen molar-refractivity contribution >= 4 is 0 Å². The van der Waals surface area contributed by atoms with Gasteiger partial charge in [0.2, 0.25) is 5.75 Å². The van der Waals surface area contributed by atoms with Gasteiger partial charge >= 0.3 is 6.36 Å². The summed E-state index contributed by atoms with van der Waals surface area (Å²) >= 11 is 0. The molecule has 2 aliphatic rings. The molecule has 36 heavy (non-hydrogen) atoms. The Morgan fingerprint density at radius 1 is 0.833 bits per heavy atom. The quantitative estimate of drug-likeness (QED) is 0.182. The highest BCUT2D eigenvalue weighted by Crippen LogP contribution is 2.38. The first kappa shape index (κ1) is 28.5. The summed E-state index contributed by atoms with van der Waals surface area (Å²) in [5.41, 5.74) is -0.0390. The summed E-state index contributed by atoms with van der Waals surface area (Å²) in [5.74, 6) is 4.15. The molecule has 1 aromatic carbocycles. The maximum atomic E-state index is 13.8. The number of rotatable bonds is 9. The van der Waals surface area contributed by atoms with Crippen LogP contribution in [0.5, 0.6) is 5.75 Å². The van der Waals surface area contributed by atoms with Gasteiger partial charge in [0.25, 0.3) is 0 Å². The van der Waals surface area contributed by atoms with E-state index in [9.17, 15) is 22.0 Å². The predicted molar refractivity (Wildman–Crippen MR) is 133 cm³/mol. The average molecular weight is 511 g/mol. The zero-order valence-corrected chi connectivity index (χ0v) is 21.3. The zero-order chi connectivity index (χ0) is 26.0. The molecule has 0 bridgehead atoms. The number of ether oxygens (including phenoxy) is 1. The highest BCUT2D eigenvalue weighted by molar-refractivity contribution is 5.42. The molecule has 1 aromatic rings. The van der Waals surface area contributed by atoms with Gasteiger partial charge in [-0.25, -0.2) is 8.78 Å². The van der Waals surface area contributed by atoms with E-state index in [1.165, 1.54) is 77.0 Å². The van der Waals surface area contributed by atoms with Crippen LogP contribution in [0.1, 0.15) is 102 Å². The molecule has 0 saturated heterocycles. The fourth-order valence-electron chi connectivity index (χ4n) is 5.79. The van der Waals surface area contributed by atoms with Crippen LogP contribution in [0.3, 0.4) is 0 Å². The van der Waals surface area contributed by atoms with Gasteiger partial charge in [0.05, 0.1) is 0 Å². The van der Waals surface area contributed by atoms with Crippen LogP contribution >= 0.6 is 0 Å². The largest absolute Gasteiger partial charge is 0.573 e. The summed E-state index contributed by atoms with van der Waals surface area (Å²) < 4.78 is 67.7. The Morgan fingerprint density at radius 3 is 1.89 bits per heavy atom. The number of hydrogen-bond acceptors (Lipinski definition) is 1. The highest BCUT2D eigenvalue weighted by Gasteiger charge is 2.34. The Kier molecular flexibility index (Phi) is 11.1. The second kappa shape index (κ2) is 14.1. The van der Waals surface area contributed by atoms with Crippen LogP contribution in [0.15, 0.2) is 24.3 Å². The van der Waals surface area contributed by atoms with Crippen LogP contribution in [0, 0.1) is 47.1 Å². The summed E-state index contributed by atoms with van der Waals surface area (Å²) in [4.78, 5) is 0. The first-order valence-corrected chi connectivity index (χ1v) is 13.7. The molecule has 0 radical (unpaired) electrons. The minimum absolute atomic E-state index is 0.0390. The molecule has 2 aliphatic carbocycles. The molecule has 0 aliphatic heterocycles. The minimum atomic E-state index is -5.16. The Balaban J connectivity index is 1.35. The molecule has 0 heterocycles. The monoisotopic (exact) mass is 510 g/mol. The van der Waals surface area contributed by atoms with E-state index < -0.39 is 23.7 Å². The van der Waals surface area contributed by atoms with E-state index in [2.05, 4.69) is 23.5 Å². The molecule has 1 nitrogen and oxygen atoms in total. The van der Waals surface area contributed by atoms with Crippen molar-refractivity contribution in [3.05, 3.63) is 41.5 Å². The Hall–Kier alpha value is -2.03. The standard InChI is InChI=1S/C30H39F5O/c1-2-3-4-7-22-10-14-24(15-11-22)18-19-25-16-12-23(13-17-25)8-5-6-9-26-20-27(31)29(28(32)21-26)36-30(33,34)35/h5,8,20-25H,2-4,7,10-19H2,1H3. The highest BCUT2D eigenvalue weighted by atomic mass is 19.4. The molecular formula is C30H39F5O. The smallest absolute Gasteiger partial charge is 0.399 e. The molecule has 0 N–H and O–H groups in total. The number of halogens is 5. The van der Waals surface area contributed by atoms with Gasteiger partial charge in [0, 0.05) is 5.56 Å². The lowest BCUT2D eigenvalue weighted by Crippen LogP contribution is -2.19. The number of unbranched alkanes of at least 4 members (excludes halogenated alkanes) is 2. The first-order valence-electron chi connectivity index (χ1n) is 13.7. The van der Waals surface area contributed by atoms with E-state index in [0.29, 0.717) is 5.92 Å². The minimum Gasteiger partial charge on any atom is -0.399 e. The molecule has 0 unspecified atom stereocenters. The van der Waals surface area contributed by atoms with Crippen molar-refractivity contribution in [2.24, 2.45) is 23.7 Å². The van der Waals surface area contributed by atoms with Crippen LogP contribution in [0.2, 0.25) is 0 Å². The van der Waals surface area contributed by atoms with Gasteiger partial charge in [-0.15, -0.1) is 13.2 Å². The molecule has 2 fully saturated rings. The summed E-state index contributed by atoms with van der Waals surface area (Å²) in [5, 5.41) is 0. The van der Waals surface area contributed by atoms with Gasteiger partial charge in [-0.3, -0.25) is 0 Å². The topological polar surface area (TPSA) is 9.23 Å². The van der Waals surface area contributed by atoms with Gasteiger partial charge in [-0.1, -0.05) is 89.0 Å². The SMILES string of the molecule is CCCCCC1CCC(CCC2CCC(C=CC#Cc3cc(F)c(OC(F)(F)F)c(F)c3)CC2)CC1. The molecule has 0 atom stereocenters. The molecular weight excluding hydrogens is 471 g/mol. The normalized spacial score (nSPS) is 24.9. The van der Waals surface area contributed by atoms with Crippen molar-refractivity contribution in [3.63, 3.8) is 0 Å². The van der Waals surface area contributed by atoms with Gasteiger partial charge in [0.1, 0.15) is 0 Å². The molecule has 6 heteroatoms. The van der Waals surface area contributed by atoms with Crippen molar-refractivity contribution in [3.8, 4) is 17.6 Å². The third-order valence-electron chi connectivity index (χ3n) is 7.94. The van der Waals surface area contributed by atoms with E-state index in [0.717, 1.165) is 42.7 Å². The number of alkyl halides is 3. The second-order valence-corrected chi connectivity index (χ2v) is 10.7. The summed E-state index contributed by atoms with van der Waals surface area (Å²) in [6.45, 7) is 2.27. The molecule has 3 rings (SSSR count). The maximum Gasteiger partial charge on any atom is 0.573 e. The fourth-order valence-corrected chi connectivity index (χ4v) is 5.79. The summed E-state index contributed by atoms with van der Waals surface area (Å²) in [6, 6.07) is 1.49. The molecule has 0 amide bonds. The van der Waals surface area contributed by atoms with Crippen molar-refractivity contribution < 1.29 is 26.7 Å². The van der Waals surface area contributed by atoms with Crippen LogP contribution < -0.4 is 4.74 Å². The third kappa shape index (κ3) is 9.79. The maximum absolute atomic E-state index is 13.8. The Labute approximate surface area is 212 Å². The van der Waals surface area contributed by atoms with Crippen molar-refractivity contribution in [2.45, 2.75) is 103 Å². The Bertz CT molecular complexity index is 871. The van der Waals surface area contributed by atoms with E-state index in [1.807, 2.05) is 6.08 Å². The number of benzene rings is 1. The molecule has 200 valence electrons. The summed E-state index contributed by atoms with van der Waals surface area (Å²) in [7, 11) is 0. The Morgan fingerprint density at radius 2 is 1.36 bits per heavy atom. The number of allylic oxidation sites excluding steroid dienone is 2. The average Bonchev–Trinajstić information content (AvgIpc) is 2.84. The lowest BCUT2D eigenvalue weighted by Gasteiger charge is -2.31. The van der Waals surface area contributed by atoms with Crippen LogP contribution in [-0.2, 0) is 0 Å². The zero-order valence-electron chi connectivity index (χ0n) is 21.3. The molecule has 2 saturated carbocycles. The fraction of sp³-hybridized carbons (Fsp3) is 0.667. The van der Waals surface area contributed by atoms with Crippen molar-refractivity contribution in [1.29, 1.82) is 0 Å². The van der Waals surface area contributed by atoms with Crippen molar-refractivity contribution in [2.75, 3.05) is 0 Å². The van der Waals surface area contributed by atoms with Crippen LogP contribution in [0.25, 0.3) is 0 Å². The van der Waals surface area contributed by atoms with Gasteiger partial charge in [-0.05, 0) is 67.6 Å². The van der Waals surface area contributed by atoms with Gasteiger partial charge in [0.15, 0.2) is 11.6 Å². The second-order valence-electron chi connectivity index (χ2n) is 10.7. The molecule has 0 spiro atoms. The summed E-state index contributed by atoms with van der Waals surface area (Å²) in [6.07, 6.45) is 17.2. The van der Waals surface area contributed by atoms with Crippen LogP contribution in [0.4, 0.5) is 22.0 Å². The van der Waals surface area contributed by atoms with Gasteiger partial charge < -0.3 is 4.74 Å². The molecule has 0 aromatic heterocycles. The lowest BCUT2D eigenvalue weighted by atomic mass is 9.75. The number of hydrogen-bond donors (Lipinski definition) is 0. The first-order chi connectivity index (χ1) is 17.2. The third-order valence-corrected chi connectivity index (χ3v) is 7.94. The lowest BCUT2D eigenvalue weighted by molar-refractivity contribution is -0.276. The van der Waals surface area contributed by atoms with Gasteiger partial charge in [-0.2, -0.15) is 0 Å². The van der Waals surface area contributed by atoms with E-state index in [4.69, 9.17) is 0 Å². The van der Waals surface area contributed by atoms with Crippen molar-refractivity contribution in [1.82, 2.24) is 0 Å².